The number of hydrogen-bond donors (Lipinski definition) is 3. The molecule has 0 fully saturated rings. The second-order valence-electron chi connectivity index (χ2n) is 3.95. The van der Waals surface area contributed by atoms with Crippen LogP contribution in [0.3, 0.4) is 0 Å². The summed E-state index contributed by atoms with van der Waals surface area (Å²) in [5.41, 5.74) is 3.24. The van der Waals surface area contributed by atoms with Gasteiger partial charge in [-0.3, -0.25) is 0 Å². The normalized spacial score (nSPS) is 10.4. The number of aromatic amines is 1. The largest absolute Gasteiger partial charge is 0.506 e. The van der Waals surface area contributed by atoms with Crippen LogP contribution in [-0.4, -0.2) is 15.1 Å². The van der Waals surface area contributed by atoms with E-state index in [1.54, 1.807) is 12.1 Å². The molecule has 3 rings (SSSR count). The predicted molar refractivity (Wildman–Crippen MR) is 81.8 cm³/mol. The zero-order valence-electron chi connectivity index (χ0n) is 9.49. The minimum atomic E-state index is 0. The van der Waals surface area contributed by atoms with E-state index in [0.717, 1.165) is 16.8 Å². The first-order valence-corrected chi connectivity index (χ1v) is 6.59. The van der Waals surface area contributed by atoms with Gasteiger partial charge >= 0.3 is 0 Å². The number of thiophene rings is 1. The van der Waals surface area contributed by atoms with Crippen LogP contribution in [0.4, 0.5) is 11.6 Å². The number of nitrogens with zero attached hydrogens (tertiary/aromatic N) is 1. The van der Waals surface area contributed by atoms with Crippen molar-refractivity contribution in [3.8, 4) is 5.75 Å². The van der Waals surface area contributed by atoms with Gasteiger partial charge in [0.15, 0.2) is 0 Å². The van der Waals surface area contributed by atoms with Crippen molar-refractivity contribution in [2.75, 3.05) is 5.32 Å². The molecule has 19 heavy (non-hydrogen) atoms. The Labute approximate surface area is 120 Å². The lowest BCUT2D eigenvalue weighted by Crippen LogP contribution is -1.92. The highest BCUT2D eigenvalue weighted by Gasteiger charge is 2.10. The highest BCUT2D eigenvalue weighted by atomic mass is 35.5. The Morgan fingerprint density at radius 2 is 2.21 bits per heavy atom. The molecule has 3 aromatic rings. The van der Waals surface area contributed by atoms with E-state index in [0.29, 0.717) is 15.8 Å². The minimum Gasteiger partial charge on any atom is -0.506 e. The topological polar surface area (TPSA) is 60.9 Å². The summed E-state index contributed by atoms with van der Waals surface area (Å²) in [4.78, 5) is 7.39. The van der Waals surface area contributed by atoms with Gasteiger partial charge in [0, 0.05) is 0 Å². The third-order valence-electron chi connectivity index (χ3n) is 2.66. The molecule has 0 aliphatic rings. The van der Waals surface area contributed by atoms with Crippen LogP contribution in [0, 0.1) is 6.92 Å². The summed E-state index contributed by atoms with van der Waals surface area (Å²) in [6, 6.07) is 5.23. The molecule has 0 amide bonds. The van der Waals surface area contributed by atoms with Crippen LogP contribution in [-0.2, 0) is 0 Å². The maximum absolute atomic E-state index is 9.69. The fraction of sp³-hybridized carbons (Fsp3) is 0.154. The molecule has 0 saturated heterocycles. The molecule has 0 aliphatic heterocycles. The summed E-state index contributed by atoms with van der Waals surface area (Å²) in [5, 5.41) is 14.8. The molecule has 2 heterocycles. The van der Waals surface area contributed by atoms with Gasteiger partial charge in [-0.05, 0) is 30.0 Å². The minimum absolute atomic E-state index is 0. The number of anilines is 2. The second-order valence-corrected chi connectivity index (χ2v) is 5.43. The smallest absolute Gasteiger partial charge is 0.205 e. The number of imidazole rings is 1. The van der Waals surface area contributed by atoms with Crippen LogP contribution < -0.4 is 5.32 Å². The number of aryl methyl sites for hydroxylation is 1. The van der Waals surface area contributed by atoms with Gasteiger partial charge in [0.2, 0.25) is 5.95 Å². The van der Waals surface area contributed by atoms with E-state index in [1.807, 2.05) is 18.4 Å². The van der Waals surface area contributed by atoms with Crippen LogP contribution in [0.1, 0.15) is 13.0 Å². The van der Waals surface area contributed by atoms with Crippen LogP contribution in [0.2, 0.25) is 4.34 Å². The first kappa shape index (κ1) is 13.7. The van der Waals surface area contributed by atoms with E-state index in [-0.39, 0.29) is 13.2 Å². The highest BCUT2D eigenvalue weighted by molar-refractivity contribution is 7.15. The molecular formula is C13H14ClN3OS. The van der Waals surface area contributed by atoms with Gasteiger partial charge < -0.3 is 15.4 Å². The van der Waals surface area contributed by atoms with E-state index in [2.05, 4.69) is 15.3 Å². The molecule has 0 radical (unpaired) electrons. The number of aromatic hydroxyl groups is 1. The van der Waals surface area contributed by atoms with Gasteiger partial charge in [-0.25, -0.2) is 4.98 Å². The summed E-state index contributed by atoms with van der Waals surface area (Å²) >= 11 is 7.56. The number of halogens is 1. The first-order chi connectivity index (χ1) is 8.65. The average molecular weight is 296 g/mol. The van der Waals surface area contributed by atoms with Crippen molar-refractivity contribution >= 4 is 45.6 Å². The Morgan fingerprint density at radius 3 is 2.84 bits per heavy atom. The molecule has 0 bridgehead atoms. The highest BCUT2D eigenvalue weighted by Crippen LogP contribution is 2.34. The summed E-state index contributed by atoms with van der Waals surface area (Å²) < 4.78 is 0.692. The second kappa shape index (κ2) is 5.11. The number of aromatic nitrogens is 2. The Bertz CT molecular complexity index is 700. The fourth-order valence-electron chi connectivity index (χ4n) is 1.76. The Morgan fingerprint density at radius 1 is 1.42 bits per heavy atom. The Balaban J connectivity index is 0.00000133. The molecule has 4 nitrogen and oxygen atoms in total. The number of rotatable bonds is 2. The van der Waals surface area contributed by atoms with E-state index >= 15 is 0 Å². The van der Waals surface area contributed by atoms with Crippen molar-refractivity contribution in [2.45, 2.75) is 14.4 Å². The standard InChI is InChI=1S/C12H10ClN3OS.CH4/c1-6-5-18-11(13)9(6)15-12-14-7-3-2-4-8(17)10(7)16-12;/h2-5,17H,1H3,(H2,14,15,16);1H4. The zero-order valence-corrected chi connectivity index (χ0v) is 11.1. The molecular weight excluding hydrogens is 282 g/mol. The van der Waals surface area contributed by atoms with Crippen LogP contribution in [0.15, 0.2) is 23.6 Å². The molecule has 100 valence electrons. The monoisotopic (exact) mass is 295 g/mol. The van der Waals surface area contributed by atoms with Crippen molar-refractivity contribution in [2.24, 2.45) is 0 Å². The van der Waals surface area contributed by atoms with Crippen molar-refractivity contribution in [1.29, 1.82) is 0 Å². The third kappa shape index (κ3) is 2.39. The first-order valence-electron chi connectivity index (χ1n) is 5.33. The Hall–Kier alpha value is -1.72. The lowest BCUT2D eigenvalue weighted by Gasteiger charge is -2.01. The molecule has 0 saturated carbocycles. The van der Waals surface area contributed by atoms with Crippen molar-refractivity contribution in [1.82, 2.24) is 9.97 Å². The molecule has 0 atom stereocenters. The van der Waals surface area contributed by atoms with Crippen molar-refractivity contribution in [3.63, 3.8) is 0 Å². The third-order valence-corrected chi connectivity index (χ3v) is 4.00. The zero-order chi connectivity index (χ0) is 12.7. The molecule has 6 heteroatoms. The molecule has 0 unspecified atom stereocenters. The number of benzene rings is 1. The number of H-pyrrole nitrogens is 1. The predicted octanol–water partition coefficient (Wildman–Crippen LogP) is 4.67. The van der Waals surface area contributed by atoms with Gasteiger partial charge in [-0.1, -0.05) is 25.1 Å². The number of hydrogen-bond acceptors (Lipinski definition) is 4. The van der Waals surface area contributed by atoms with Gasteiger partial charge in [-0.2, -0.15) is 0 Å². The van der Waals surface area contributed by atoms with E-state index in [9.17, 15) is 5.11 Å². The van der Waals surface area contributed by atoms with E-state index in [4.69, 9.17) is 11.6 Å². The molecule has 2 aromatic heterocycles. The van der Waals surface area contributed by atoms with Gasteiger partial charge in [0.05, 0.1) is 11.2 Å². The number of para-hydroxylation sites is 1. The van der Waals surface area contributed by atoms with E-state index in [1.165, 1.54) is 11.3 Å². The maximum Gasteiger partial charge on any atom is 0.205 e. The Kier molecular flexibility index (Phi) is 3.68. The maximum atomic E-state index is 9.69. The summed E-state index contributed by atoms with van der Waals surface area (Å²) in [6.45, 7) is 1.98. The molecule has 0 spiro atoms. The van der Waals surface area contributed by atoms with Crippen LogP contribution in [0.25, 0.3) is 11.0 Å². The lowest BCUT2D eigenvalue weighted by atomic mass is 10.3. The van der Waals surface area contributed by atoms with Crippen molar-refractivity contribution in [3.05, 3.63) is 33.5 Å². The summed E-state index contributed by atoms with van der Waals surface area (Å²) in [5.74, 6) is 0.722. The molecule has 1 aromatic carbocycles. The van der Waals surface area contributed by atoms with Gasteiger partial charge in [-0.15, -0.1) is 11.3 Å². The molecule has 3 N–H and O–H groups in total. The van der Waals surface area contributed by atoms with Crippen LogP contribution in [0.5, 0.6) is 5.75 Å². The SMILES string of the molecule is C.Cc1csc(Cl)c1Nc1nc2c(O)cccc2[nH]1. The summed E-state index contributed by atoms with van der Waals surface area (Å²) in [6.07, 6.45) is 0. The van der Waals surface area contributed by atoms with Crippen molar-refractivity contribution < 1.29 is 5.11 Å². The van der Waals surface area contributed by atoms with Gasteiger partial charge in [0.1, 0.15) is 15.6 Å². The van der Waals surface area contributed by atoms with E-state index < -0.39 is 0 Å². The number of nitrogens with one attached hydrogen (secondary N) is 2. The number of phenolic OH excluding ortho intramolecular Hbond substituents is 1. The quantitative estimate of drug-likeness (QED) is 0.644. The average Bonchev–Trinajstić information content (AvgIpc) is 2.89. The fourth-order valence-corrected chi connectivity index (χ4v) is 2.81. The lowest BCUT2D eigenvalue weighted by molar-refractivity contribution is 0.480. The summed E-state index contributed by atoms with van der Waals surface area (Å²) in [7, 11) is 0. The molecule has 0 aliphatic carbocycles. The van der Waals surface area contributed by atoms with Crippen LogP contribution >= 0.6 is 22.9 Å². The van der Waals surface area contributed by atoms with Gasteiger partial charge in [0.25, 0.3) is 0 Å². The number of phenols is 1. The number of fused-ring (bicyclic) bond motifs is 1.